The van der Waals surface area contributed by atoms with E-state index in [4.69, 9.17) is 0 Å². The van der Waals surface area contributed by atoms with Crippen LogP contribution in [0.1, 0.15) is 46.0 Å². The molecule has 3 fully saturated rings. The van der Waals surface area contributed by atoms with Crippen molar-refractivity contribution in [1.82, 2.24) is 20.4 Å². The first kappa shape index (κ1) is 17.5. The van der Waals surface area contributed by atoms with Crippen molar-refractivity contribution >= 4 is 11.9 Å². The lowest BCUT2D eigenvalue weighted by Crippen LogP contribution is -2.64. The largest absolute Gasteiger partial charge is 0.350 e. The summed E-state index contributed by atoms with van der Waals surface area (Å²) in [6.45, 7) is 8.77. The number of nitrogens with zero attached hydrogens (tertiary/aromatic N) is 2. The number of nitrogens with one attached hydrogen (secondary N) is 2. The van der Waals surface area contributed by atoms with Crippen molar-refractivity contribution in [2.45, 2.75) is 58.0 Å². The maximum atomic E-state index is 12.6. The van der Waals surface area contributed by atoms with E-state index in [-0.39, 0.29) is 30.6 Å². The second kappa shape index (κ2) is 7.72. The number of carbonyl (C=O) groups is 2. The molecule has 2 heterocycles. The number of fused-ring (bicyclic) bond motifs is 1. The van der Waals surface area contributed by atoms with Gasteiger partial charge in [0.1, 0.15) is 6.54 Å². The molecular weight excluding hydrogens is 304 g/mol. The summed E-state index contributed by atoms with van der Waals surface area (Å²) in [6, 6.07) is 0.278. The minimum atomic E-state index is -0.0518. The minimum absolute atomic E-state index is 0.0164. The van der Waals surface area contributed by atoms with E-state index in [9.17, 15) is 9.59 Å². The summed E-state index contributed by atoms with van der Waals surface area (Å²) in [4.78, 5) is 28.8. The van der Waals surface area contributed by atoms with Crippen LogP contribution in [0.15, 0.2) is 0 Å². The highest BCUT2D eigenvalue weighted by atomic mass is 16.2. The first-order chi connectivity index (χ1) is 11.5. The van der Waals surface area contributed by atoms with E-state index >= 15 is 0 Å². The molecule has 1 aliphatic carbocycles. The van der Waals surface area contributed by atoms with Crippen molar-refractivity contribution in [3.63, 3.8) is 0 Å². The van der Waals surface area contributed by atoms with Gasteiger partial charge < -0.3 is 20.4 Å². The molecule has 3 aliphatic rings. The van der Waals surface area contributed by atoms with E-state index in [1.807, 2.05) is 0 Å². The smallest absolute Gasteiger partial charge is 0.318 e. The first-order valence-corrected chi connectivity index (χ1v) is 9.59. The van der Waals surface area contributed by atoms with E-state index in [1.165, 1.54) is 0 Å². The molecule has 0 bridgehead atoms. The number of rotatable bonds is 4. The van der Waals surface area contributed by atoms with E-state index in [1.54, 1.807) is 4.90 Å². The Labute approximate surface area is 145 Å². The highest BCUT2D eigenvalue weighted by Crippen LogP contribution is 2.26. The van der Waals surface area contributed by atoms with Crippen molar-refractivity contribution in [2.75, 3.05) is 32.7 Å². The number of hydrogen-bond donors (Lipinski definition) is 2. The van der Waals surface area contributed by atoms with Gasteiger partial charge in [-0.1, -0.05) is 26.7 Å². The molecule has 0 unspecified atom stereocenters. The van der Waals surface area contributed by atoms with E-state index < -0.39 is 0 Å². The monoisotopic (exact) mass is 336 g/mol. The van der Waals surface area contributed by atoms with Crippen LogP contribution in [-0.2, 0) is 4.79 Å². The molecule has 1 saturated carbocycles. The molecule has 3 rings (SSSR count). The van der Waals surface area contributed by atoms with Crippen molar-refractivity contribution in [3.8, 4) is 0 Å². The lowest BCUT2D eigenvalue weighted by atomic mass is 9.87. The Bertz CT molecular complexity index is 468. The maximum Gasteiger partial charge on any atom is 0.318 e. The molecule has 3 atom stereocenters. The van der Waals surface area contributed by atoms with Crippen LogP contribution in [-0.4, -0.2) is 66.5 Å². The Kier molecular flexibility index (Phi) is 5.64. The molecule has 0 aromatic rings. The van der Waals surface area contributed by atoms with E-state index in [2.05, 4.69) is 29.4 Å². The number of urea groups is 1. The fraction of sp³-hybridized carbons (Fsp3) is 0.889. The van der Waals surface area contributed by atoms with Gasteiger partial charge in [-0.05, 0) is 37.6 Å². The summed E-state index contributed by atoms with van der Waals surface area (Å²) in [5.74, 6) is 1.21. The molecule has 2 N–H and O–H groups in total. The van der Waals surface area contributed by atoms with Crippen LogP contribution in [0.3, 0.4) is 0 Å². The van der Waals surface area contributed by atoms with Crippen LogP contribution in [0.2, 0.25) is 0 Å². The summed E-state index contributed by atoms with van der Waals surface area (Å²) in [5, 5.41) is 6.16. The highest BCUT2D eigenvalue weighted by Gasteiger charge is 2.39. The van der Waals surface area contributed by atoms with E-state index in [0.717, 1.165) is 58.3 Å². The van der Waals surface area contributed by atoms with Crippen LogP contribution < -0.4 is 10.6 Å². The highest BCUT2D eigenvalue weighted by molar-refractivity contribution is 5.86. The Balaban J connectivity index is 1.48. The summed E-state index contributed by atoms with van der Waals surface area (Å²) in [7, 11) is 0. The summed E-state index contributed by atoms with van der Waals surface area (Å²) in [5.41, 5.74) is 0. The number of piperazine rings is 1. The number of carbonyl (C=O) groups excluding carboxylic acids is 2. The molecule has 0 spiro atoms. The van der Waals surface area contributed by atoms with Gasteiger partial charge >= 0.3 is 6.03 Å². The number of likely N-dealkylation sites (tertiary alicyclic amines) is 1. The Morgan fingerprint density at radius 2 is 2.08 bits per heavy atom. The SMILES string of the molecule is CC(C)CN1CC[C@H](CNC(=O)N2CC(=O)N[C@H]3CCCC[C@H]32)C1. The third kappa shape index (κ3) is 4.21. The molecule has 0 radical (unpaired) electrons. The molecule has 0 aromatic heterocycles. The molecule has 6 heteroatoms. The first-order valence-electron chi connectivity index (χ1n) is 9.59. The number of amides is 3. The average Bonchev–Trinajstić information content (AvgIpc) is 2.98. The van der Waals surface area contributed by atoms with Gasteiger partial charge in [-0.25, -0.2) is 4.79 Å². The topological polar surface area (TPSA) is 64.7 Å². The fourth-order valence-corrected chi connectivity index (χ4v) is 4.49. The van der Waals surface area contributed by atoms with Gasteiger partial charge in [-0.2, -0.15) is 0 Å². The quantitative estimate of drug-likeness (QED) is 0.816. The van der Waals surface area contributed by atoms with Gasteiger partial charge in [0.05, 0.1) is 6.04 Å². The summed E-state index contributed by atoms with van der Waals surface area (Å²) in [6.07, 6.45) is 5.44. The predicted molar refractivity (Wildman–Crippen MR) is 93.7 cm³/mol. The fourth-order valence-electron chi connectivity index (χ4n) is 4.49. The molecule has 6 nitrogen and oxygen atoms in total. The zero-order valence-corrected chi connectivity index (χ0v) is 15.1. The molecule has 2 aliphatic heterocycles. The third-order valence-corrected chi connectivity index (χ3v) is 5.59. The zero-order valence-electron chi connectivity index (χ0n) is 15.1. The second-order valence-corrected chi connectivity index (χ2v) is 8.15. The van der Waals surface area contributed by atoms with Crippen LogP contribution in [0.4, 0.5) is 4.79 Å². The van der Waals surface area contributed by atoms with Gasteiger partial charge in [-0.15, -0.1) is 0 Å². The van der Waals surface area contributed by atoms with Gasteiger partial charge in [-0.3, -0.25) is 4.79 Å². The maximum absolute atomic E-state index is 12.6. The summed E-state index contributed by atoms with van der Waals surface area (Å²) < 4.78 is 0. The molecule has 3 amide bonds. The van der Waals surface area contributed by atoms with Crippen LogP contribution in [0.25, 0.3) is 0 Å². The van der Waals surface area contributed by atoms with Crippen LogP contribution in [0.5, 0.6) is 0 Å². The van der Waals surface area contributed by atoms with Gasteiger partial charge in [0.15, 0.2) is 0 Å². The standard InChI is InChI=1S/C18H32N4O2/c1-13(2)10-21-8-7-14(11-21)9-19-18(24)22-12-17(23)20-15-5-3-4-6-16(15)22/h13-16H,3-12H2,1-2H3,(H,19,24)(H,20,23)/t14-,15+,16-/m1/s1. The average molecular weight is 336 g/mol. The molecule has 0 aromatic carbocycles. The molecular formula is C18H32N4O2. The molecule has 136 valence electrons. The predicted octanol–water partition coefficient (Wildman–Crippen LogP) is 1.42. The van der Waals surface area contributed by atoms with E-state index in [0.29, 0.717) is 11.8 Å². The Morgan fingerprint density at radius 1 is 1.29 bits per heavy atom. The van der Waals surface area contributed by atoms with Crippen molar-refractivity contribution in [1.29, 1.82) is 0 Å². The van der Waals surface area contributed by atoms with Crippen LogP contribution >= 0.6 is 0 Å². The van der Waals surface area contributed by atoms with Gasteiger partial charge in [0.25, 0.3) is 0 Å². The second-order valence-electron chi connectivity index (χ2n) is 8.15. The van der Waals surface area contributed by atoms with Crippen LogP contribution in [0, 0.1) is 11.8 Å². The Hall–Kier alpha value is -1.30. The summed E-state index contributed by atoms with van der Waals surface area (Å²) >= 11 is 0. The Morgan fingerprint density at radius 3 is 2.88 bits per heavy atom. The molecule has 2 saturated heterocycles. The van der Waals surface area contributed by atoms with Crippen molar-refractivity contribution < 1.29 is 9.59 Å². The van der Waals surface area contributed by atoms with Gasteiger partial charge in [0, 0.05) is 25.7 Å². The van der Waals surface area contributed by atoms with Crippen molar-refractivity contribution in [2.24, 2.45) is 11.8 Å². The lowest BCUT2D eigenvalue weighted by Gasteiger charge is -2.43. The normalized spacial score (nSPS) is 31.0. The number of hydrogen-bond acceptors (Lipinski definition) is 3. The minimum Gasteiger partial charge on any atom is -0.350 e. The lowest BCUT2D eigenvalue weighted by molar-refractivity contribution is -0.126. The zero-order chi connectivity index (χ0) is 17.1. The third-order valence-electron chi connectivity index (χ3n) is 5.59. The van der Waals surface area contributed by atoms with Crippen molar-refractivity contribution in [3.05, 3.63) is 0 Å². The van der Waals surface area contributed by atoms with Gasteiger partial charge in [0.2, 0.25) is 5.91 Å². The molecule has 24 heavy (non-hydrogen) atoms.